The second-order valence-corrected chi connectivity index (χ2v) is 6.19. The minimum Gasteiger partial charge on any atom is -0.468 e. The fourth-order valence-corrected chi connectivity index (χ4v) is 3.11. The van der Waals surface area contributed by atoms with E-state index in [0.29, 0.717) is 13.1 Å². The smallest absolute Gasteiger partial charge is 0.144 e. The number of benzene rings is 2. The largest absolute Gasteiger partial charge is 0.468 e. The Morgan fingerprint density at radius 2 is 1.58 bits per heavy atom. The highest BCUT2D eigenvalue weighted by molar-refractivity contribution is 6.24. The molecule has 2 N–H and O–H groups in total. The number of nitrogens with zero attached hydrogens (tertiary/aromatic N) is 1. The first-order chi connectivity index (χ1) is 12.8. The van der Waals surface area contributed by atoms with Crippen LogP contribution in [0.5, 0.6) is 0 Å². The van der Waals surface area contributed by atoms with Crippen LogP contribution in [-0.4, -0.2) is 30.1 Å². The molecule has 5 heteroatoms. The van der Waals surface area contributed by atoms with E-state index in [9.17, 15) is 5.11 Å². The summed E-state index contributed by atoms with van der Waals surface area (Å²) in [5.74, 6) is 0.831. The van der Waals surface area contributed by atoms with Gasteiger partial charge in [-0.15, -0.1) is 0 Å². The fraction of sp³-hybridized carbons (Fsp3) is 0.190. The maximum Gasteiger partial charge on any atom is 0.144 e. The van der Waals surface area contributed by atoms with Crippen LogP contribution in [0, 0.1) is 0 Å². The molecule has 0 bridgehead atoms. The minimum absolute atomic E-state index is 0.124. The Hall–Kier alpha value is -2.89. The lowest BCUT2D eigenvalue weighted by Gasteiger charge is -2.10. The third kappa shape index (κ3) is 3.40. The highest BCUT2D eigenvalue weighted by Crippen LogP contribution is 2.36. The van der Waals surface area contributed by atoms with Gasteiger partial charge in [0.15, 0.2) is 0 Å². The molecule has 0 amide bonds. The zero-order valence-electron chi connectivity index (χ0n) is 14.3. The summed E-state index contributed by atoms with van der Waals surface area (Å²) in [7, 11) is 0. The van der Waals surface area contributed by atoms with E-state index in [1.54, 1.807) is 6.26 Å². The van der Waals surface area contributed by atoms with Crippen molar-refractivity contribution in [2.45, 2.75) is 12.6 Å². The Kier molecular flexibility index (Phi) is 4.82. The molecule has 0 spiro atoms. The highest BCUT2D eigenvalue weighted by atomic mass is 16.6. The van der Waals surface area contributed by atoms with Crippen molar-refractivity contribution in [2.24, 2.45) is 5.16 Å². The molecule has 1 aliphatic rings. The van der Waals surface area contributed by atoms with Crippen LogP contribution in [0.1, 0.15) is 16.9 Å². The summed E-state index contributed by atoms with van der Waals surface area (Å²) in [5.41, 5.74) is 5.24. The molecule has 0 radical (unpaired) electrons. The topological polar surface area (TPSA) is 67.0 Å². The summed E-state index contributed by atoms with van der Waals surface area (Å²) < 4.78 is 5.23. The summed E-state index contributed by atoms with van der Waals surface area (Å²) in [5, 5.41) is 17.5. The van der Waals surface area contributed by atoms with Gasteiger partial charge in [-0.2, -0.15) is 0 Å². The Bertz CT molecular complexity index is 856. The average Bonchev–Trinajstić information content (AvgIpc) is 3.29. The van der Waals surface area contributed by atoms with Gasteiger partial charge in [0.2, 0.25) is 0 Å². The Labute approximate surface area is 151 Å². The number of furan rings is 1. The molecule has 1 heterocycles. The minimum atomic E-state index is -0.652. The van der Waals surface area contributed by atoms with Crippen molar-refractivity contribution in [1.82, 2.24) is 5.32 Å². The predicted octanol–water partition coefficient (Wildman–Crippen LogP) is 3.18. The number of nitrogens with one attached hydrogen (secondary N) is 1. The molecule has 132 valence electrons. The Morgan fingerprint density at radius 1 is 0.923 bits per heavy atom. The fourth-order valence-electron chi connectivity index (χ4n) is 3.11. The summed E-state index contributed by atoms with van der Waals surface area (Å²) in [4.78, 5) is 5.46. The van der Waals surface area contributed by atoms with E-state index in [1.165, 1.54) is 0 Å². The van der Waals surface area contributed by atoms with E-state index in [2.05, 4.69) is 22.6 Å². The van der Waals surface area contributed by atoms with Gasteiger partial charge >= 0.3 is 0 Å². The molecule has 26 heavy (non-hydrogen) atoms. The van der Waals surface area contributed by atoms with Crippen LogP contribution in [0.4, 0.5) is 0 Å². The number of hydrogen-bond acceptors (Lipinski definition) is 5. The third-order valence-electron chi connectivity index (χ3n) is 4.34. The van der Waals surface area contributed by atoms with Gasteiger partial charge in [-0.05, 0) is 23.3 Å². The van der Waals surface area contributed by atoms with Crippen LogP contribution in [0.2, 0.25) is 0 Å². The second kappa shape index (κ2) is 7.56. The second-order valence-electron chi connectivity index (χ2n) is 6.19. The molecule has 5 nitrogen and oxygen atoms in total. The van der Waals surface area contributed by atoms with Crippen molar-refractivity contribution in [3.63, 3.8) is 0 Å². The first kappa shape index (κ1) is 16.6. The molecule has 0 fully saturated rings. The monoisotopic (exact) mass is 348 g/mol. The summed E-state index contributed by atoms with van der Waals surface area (Å²) in [6, 6.07) is 20.0. The molecule has 0 saturated heterocycles. The van der Waals surface area contributed by atoms with Crippen molar-refractivity contribution < 1.29 is 14.4 Å². The van der Waals surface area contributed by atoms with E-state index in [-0.39, 0.29) is 6.61 Å². The van der Waals surface area contributed by atoms with Crippen molar-refractivity contribution >= 4 is 5.71 Å². The van der Waals surface area contributed by atoms with Crippen molar-refractivity contribution in [3.05, 3.63) is 83.8 Å². The van der Waals surface area contributed by atoms with Gasteiger partial charge in [-0.1, -0.05) is 53.7 Å². The standard InChI is InChI=1S/C21H20N2O3/c24-15(12-22-13-16-6-5-11-25-16)14-26-23-21-19-9-3-1-7-17(19)18-8-2-4-10-20(18)21/h1-11,15,22,24H,12-14H2/t15-/m1/s1. The van der Waals surface area contributed by atoms with Gasteiger partial charge < -0.3 is 19.7 Å². The lowest BCUT2D eigenvalue weighted by molar-refractivity contribution is 0.0402. The van der Waals surface area contributed by atoms with Gasteiger partial charge in [0.25, 0.3) is 0 Å². The normalized spacial score (nSPS) is 13.2. The number of aliphatic hydroxyl groups is 1. The molecule has 0 aliphatic heterocycles. The van der Waals surface area contributed by atoms with Crippen molar-refractivity contribution in [2.75, 3.05) is 13.2 Å². The average molecular weight is 348 g/mol. The molecule has 0 unspecified atom stereocenters. The van der Waals surface area contributed by atoms with Crippen molar-refractivity contribution in [1.29, 1.82) is 0 Å². The maximum atomic E-state index is 10.1. The maximum absolute atomic E-state index is 10.1. The molecule has 4 rings (SSSR count). The Morgan fingerprint density at radius 3 is 2.19 bits per heavy atom. The zero-order chi connectivity index (χ0) is 17.8. The highest BCUT2D eigenvalue weighted by Gasteiger charge is 2.24. The first-order valence-electron chi connectivity index (χ1n) is 8.63. The van der Waals surface area contributed by atoms with Crippen LogP contribution in [-0.2, 0) is 11.4 Å². The Balaban J connectivity index is 1.38. The lowest BCUT2D eigenvalue weighted by atomic mass is 10.1. The van der Waals surface area contributed by atoms with E-state index in [1.807, 2.05) is 48.5 Å². The molecular weight excluding hydrogens is 328 g/mol. The van der Waals surface area contributed by atoms with Crippen LogP contribution in [0.3, 0.4) is 0 Å². The zero-order valence-corrected chi connectivity index (χ0v) is 14.3. The predicted molar refractivity (Wildman–Crippen MR) is 99.9 cm³/mol. The van der Waals surface area contributed by atoms with Gasteiger partial charge in [0.1, 0.15) is 24.2 Å². The quantitative estimate of drug-likeness (QED) is 0.504. The van der Waals surface area contributed by atoms with Crippen LogP contribution in [0.15, 0.2) is 76.5 Å². The number of hydrogen-bond donors (Lipinski definition) is 2. The number of aliphatic hydroxyl groups excluding tert-OH is 1. The first-order valence-corrected chi connectivity index (χ1v) is 8.63. The van der Waals surface area contributed by atoms with Crippen LogP contribution < -0.4 is 5.32 Å². The lowest BCUT2D eigenvalue weighted by Crippen LogP contribution is -2.29. The molecular formula is C21H20N2O3. The summed E-state index contributed by atoms with van der Waals surface area (Å²) in [6.07, 6.45) is 0.977. The van der Waals surface area contributed by atoms with Gasteiger partial charge in [-0.25, -0.2) is 0 Å². The van der Waals surface area contributed by atoms with Gasteiger partial charge in [0.05, 0.1) is 12.8 Å². The number of rotatable bonds is 7. The molecule has 1 aromatic heterocycles. The number of fused-ring (bicyclic) bond motifs is 3. The SMILES string of the molecule is O[C@H](CNCc1ccco1)CON=C1c2ccccc2-c2ccccc21. The van der Waals surface area contributed by atoms with Crippen LogP contribution >= 0.6 is 0 Å². The summed E-state index contributed by atoms with van der Waals surface area (Å²) in [6.45, 7) is 1.09. The summed E-state index contributed by atoms with van der Waals surface area (Å²) >= 11 is 0. The molecule has 1 atom stereocenters. The van der Waals surface area contributed by atoms with E-state index >= 15 is 0 Å². The molecule has 0 saturated carbocycles. The van der Waals surface area contributed by atoms with Crippen LogP contribution in [0.25, 0.3) is 11.1 Å². The molecule has 1 aliphatic carbocycles. The van der Waals surface area contributed by atoms with Gasteiger partial charge in [-0.3, -0.25) is 0 Å². The third-order valence-corrected chi connectivity index (χ3v) is 4.34. The molecule has 2 aromatic carbocycles. The number of oxime groups is 1. The molecule has 3 aromatic rings. The van der Waals surface area contributed by atoms with Crippen molar-refractivity contribution in [3.8, 4) is 11.1 Å². The van der Waals surface area contributed by atoms with E-state index < -0.39 is 6.10 Å². The van der Waals surface area contributed by atoms with E-state index in [4.69, 9.17) is 9.25 Å². The van der Waals surface area contributed by atoms with E-state index in [0.717, 1.165) is 33.7 Å². The van der Waals surface area contributed by atoms with Gasteiger partial charge in [0, 0.05) is 17.7 Å².